The Hall–Kier alpha value is -1.10. The van der Waals surface area contributed by atoms with Crippen LogP contribution in [0.3, 0.4) is 0 Å². The van der Waals surface area contributed by atoms with Gasteiger partial charge in [0.1, 0.15) is 0 Å². The minimum Gasteiger partial charge on any atom is -0.369 e. The van der Waals surface area contributed by atoms with Crippen LogP contribution < -0.4 is 11.1 Å². The molecule has 5 heteroatoms. The molecular formula is C12H21N3O2. The van der Waals surface area contributed by atoms with E-state index in [1.165, 1.54) is 0 Å². The van der Waals surface area contributed by atoms with Gasteiger partial charge in [-0.25, -0.2) is 0 Å². The number of primary amides is 1. The van der Waals surface area contributed by atoms with E-state index >= 15 is 0 Å². The van der Waals surface area contributed by atoms with Gasteiger partial charge >= 0.3 is 0 Å². The quantitative estimate of drug-likeness (QED) is 0.704. The SMILES string of the molecule is NC(=O)C1CCN(C(=O)[C@H]2CCCCN2)CC1. The number of piperidine rings is 2. The van der Waals surface area contributed by atoms with Crippen molar-refractivity contribution in [2.24, 2.45) is 11.7 Å². The Morgan fingerprint density at radius 2 is 1.82 bits per heavy atom. The Morgan fingerprint density at radius 3 is 2.35 bits per heavy atom. The lowest BCUT2D eigenvalue weighted by Gasteiger charge is -2.34. The third-order valence-electron chi connectivity index (χ3n) is 3.82. The van der Waals surface area contributed by atoms with E-state index in [2.05, 4.69) is 5.32 Å². The summed E-state index contributed by atoms with van der Waals surface area (Å²) in [7, 11) is 0. The highest BCUT2D eigenvalue weighted by Gasteiger charge is 2.30. The molecule has 0 aromatic carbocycles. The van der Waals surface area contributed by atoms with Crippen LogP contribution >= 0.6 is 0 Å². The molecule has 0 aromatic heterocycles. The van der Waals surface area contributed by atoms with Gasteiger partial charge in [0, 0.05) is 19.0 Å². The van der Waals surface area contributed by atoms with Crippen molar-refractivity contribution < 1.29 is 9.59 Å². The summed E-state index contributed by atoms with van der Waals surface area (Å²) < 4.78 is 0. The van der Waals surface area contributed by atoms with E-state index in [0.29, 0.717) is 25.9 Å². The molecule has 0 saturated carbocycles. The molecule has 0 bridgehead atoms. The molecule has 5 nitrogen and oxygen atoms in total. The molecule has 3 N–H and O–H groups in total. The second-order valence-electron chi connectivity index (χ2n) is 5.00. The van der Waals surface area contributed by atoms with Gasteiger partial charge in [-0.1, -0.05) is 6.42 Å². The van der Waals surface area contributed by atoms with Gasteiger partial charge in [-0.05, 0) is 32.2 Å². The summed E-state index contributed by atoms with van der Waals surface area (Å²) in [5.74, 6) is -0.0705. The van der Waals surface area contributed by atoms with E-state index in [1.54, 1.807) is 0 Å². The lowest BCUT2D eigenvalue weighted by atomic mass is 9.95. The first-order chi connectivity index (χ1) is 8.18. The summed E-state index contributed by atoms with van der Waals surface area (Å²) >= 11 is 0. The Morgan fingerprint density at radius 1 is 1.12 bits per heavy atom. The Bertz CT molecular complexity index is 292. The van der Waals surface area contributed by atoms with E-state index in [-0.39, 0.29) is 23.8 Å². The molecule has 0 unspecified atom stereocenters. The number of carbonyl (C=O) groups excluding carboxylic acids is 2. The van der Waals surface area contributed by atoms with Gasteiger partial charge in [0.05, 0.1) is 6.04 Å². The molecule has 2 amide bonds. The number of nitrogens with two attached hydrogens (primary N) is 1. The lowest BCUT2D eigenvalue weighted by molar-refractivity contribution is -0.137. The number of amides is 2. The van der Waals surface area contributed by atoms with Crippen LogP contribution in [-0.4, -0.2) is 42.4 Å². The minimum atomic E-state index is -0.229. The highest BCUT2D eigenvalue weighted by Crippen LogP contribution is 2.19. The Kier molecular flexibility index (Phi) is 3.99. The van der Waals surface area contributed by atoms with E-state index < -0.39 is 0 Å². The first-order valence-corrected chi connectivity index (χ1v) is 6.50. The number of nitrogens with one attached hydrogen (secondary N) is 1. The number of hydrogen-bond donors (Lipinski definition) is 2. The number of likely N-dealkylation sites (tertiary alicyclic amines) is 1. The van der Waals surface area contributed by atoms with Gasteiger partial charge < -0.3 is 16.0 Å². The highest BCUT2D eigenvalue weighted by molar-refractivity contribution is 5.82. The minimum absolute atomic E-state index is 0.00567. The number of carbonyl (C=O) groups is 2. The zero-order chi connectivity index (χ0) is 12.3. The van der Waals surface area contributed by atoms with Crippen LogP contribution in [0.4, 0.5) is 0 Å². The average Bonchev–Trinajstić information content (AvgIpc) is 2.39. The van der Waals surface area contributed by atoms with Gasteiger partial charge in [0.2, 0.25) is 11.8 Å². The molecule has 2 aliphatic rings. The van der Waals surface area contributed by atoms with Crippen molar-refractivity contribution >= 4 is 11.8 Å². The predicted octanol–water partition coefficient (Wildman–Crippen LogP) is -0.148. The van der Waals surface area contributed by atoms with Crippen LogP contribution in [0.2, 0.25) is 0 Å². The van der Waals surface area contributed by atoms with Crippen molar-refractivity contribution in [1.29, 1.82) is 0 Å². The Balaban J connectivity index is 1.83. The van der Waals surface area contributed by atoms with E-state index in [4.69, 9.17) is 5.73 Å². The molecule has 1 atom stereocenters. The molecule has 0 spiro atoms. The maximum atomic E-state index is 12.2. The fourth-order valence-electron chi connectivity index (χ4n) is 2.67. The maximum absolute atomic E-state index is 12.2. The lowest BCUT2D eigenvalue weighted by Crippen LogP contribution is -2.51. The third-order valence-corrected chi connectivity index (χ3v) is 3.82. The van der Waals surface area contributed by atoms with Crippen molar-refractivity contribution in [2.45, 2.75) is 38.1 Å². The monoisotopic (exact) mass is 239 g/mol. The fourth-order valence-corrected chi connectivity index (χ4v) is 2.67. The van der Waals surface area contributed by atoms with Gasteiger partial charge in [-0.3, -0.25) is 9.59 Å². The molecule has 2 rings (SSSR count). The van der Waals surface area contributed by atoms with Crippen LogP contribution in [-0.2, 0) is 9.59 Å². The zero-order valence-electron chi connectivity index (χ0n) is 10.2. The summed E-state index contributed by atoms with van der Waals surface area (Å²) in [5.41, 5.74) is 5.28. The predicted molar refractivity (Wildman–Crippen MR) is 64.1 cm³/mol. The van der Waals surface area contributed by atoms with Crippen molar-refractivity contribution in [3.8, 4) is 0 Å². The zero-order valence-corrected chi connectivity index (χ0v) is 10.2. The molecule has 0 radical (unpaired) electrons. The summed E-state index contributed by atoms with van der Waals surface area (Å²) in [6, 6.07) is -0.00567. The fraction of sp³-hybridized carbons (Fsp3) is 0.833. The van der Waals surface area contributed by atoms with Crippen molar-refractivity contribution in [2.75, 3.05) is 19.6 Å². The molecule has 2 heterocycles. The van der Waals surface area contributed by atoms with E-state index in [0.717, 1.165) is 25.8 Å². The van der Waals surface area contributed by atoms with E-state index in [1.807, 2.05) is 4.90 Å². The summed E-state index contributed by atoms with van der Waals surface area (Å²) in [4.78, 5) is 25.1. The van der Waals surface area contributed by atoms with Crippen molar-refractivity contribution in [1.82, 2.24) is 10.2 Å². The maximum Gasteiger partial charge on any atom is 0.239 e. The van der Waals surface area contributed by atoms with Crippen molar-refractivity contribution in [3.05, 3.63) is 0 Å². The van der Waals surface area contributed by atoms with E-state index in [9.17, 15) is 9.59 Å². The van der Waals surface area contributed by atoms with Crippen molar-refractivity contribution in [3.63, 3.8) is 0 Å². The smallest absolute Gasteiger partial charge is 0.239 e. The van der Waals surface area contributed by atoms with Gasteiger partial charge in [0.15, 0.2) is 0 Å². The van der Waals surface area contributed by atoms with Crippen LogP contribution in [0, 0.1) is 5.92 Å². The van der Waals surface area contributed by atoms with Gasteiger partial charge in [-0.15, -0.1) is 0 Å². The standard InChI is InChI=1S/C12H21N3O2/c13-11(16)9-4-7-15(8-5-9)12(17)10-3-1-2-6-14-10/h9-10,14H,1-8H2,(H2,13,16)/t10-/m1/s1. The summed E-state index contributed by atoms with van der Waals surface area (Å²) in [6.45, 7) is 2.28. The first kappa shape index (κ1) is 12.4. The molecular weight excluding hydrogens is 218 g/mol. The molecule has 2 saturated heterocycles. The largest absolute Gasteiger partial charge is 0.369 e. The number of nitrogens with zero attached hydrogens (tertiary/aromatic N) is 1. The topological polar surface area (TPSA) is 75.4 Å². The first-order valence-electron chi connectivity index (χ1n) is 6.50. The van der Waals surface area contributed by atoms with Gasteiger partial charge in [-0.2, -0.15) is 0 Å². The molecule has 0 aromatic rings. The molecule has 96 valence electrons. The number of hydrogen-bond acceptors (Lipinski definition) is 3. The summed E-state index contributed by atoms with van der Waals surface area (Å²) in [6.07, 6.45) is 4.66. The molecule has 2 fully saturated rings. The molecule has 0 aliphatic carbocycles. The summed E-state index contributed by atoms with van der Waals surface area (Å²) in [5, 5.41) is 3.27. The second kappa shape index (κ2) is 5.49. The number of rotatable bonds is 2. The van der Waals surface area contributed by atoms with Crippen LogP contribution in [0.15, 0.2) is 0 Å². The van der Waals surface area contributed by atoms with Crippen LogP contribution in [0.1, 0.15) is 32.1 Å². The molecule has 2 aliphatic heterocycles. The highest BCUT2D eigenvalue weighted by atomic mass is 16.2. The van der Waals surface area contributed by atoms with Gasteiger partial charge in [0.25, 0.3) is 0 Å². The average molecular weight is 239 g/mol. The Labute approximate surface area is 102 Å². The van der Waals surface area contributed by atoms with Crippen LogP contribution in [0.25, 0.3) is 0 Å². The second-order valence-corrected chi connectivity index (χ2v) is 5.00. The molecule has 17 heavy (non-hydrogen) atoms. The third kappa shape index (κ3) is 2.97. The normalized spacial score (nSPS) is 26.8. The van der Waals surface area contributed by atoms with Crippen LogP contribution in [0.5, 0.6) is 0 Å².